The van der Waals surface area contributed by atoms with Crippen LogP contribution >= 0.6 is 11.3 Å². The van der Waals surface area contributed by atoms with Gasteiger partial charge in [0.1, 0.15) is 11.2 Å². The number of hydrogen-bond acceptors (Lipinski definition) is 2. The molecule has 0 saturated carbocycles. The van der Waals surface area contributed by atoms with Crippen molar-refractivity contribution in [3.63, 3.8) is 0 Å². The fraction of sp³-hybridized carbons (Fsp3) is 0. The van der Waals surface area contributed by atoms with Crippen LogP contribution in [0, 0.1) is 0 Å². The first-order valence-electron chi connectivity index (χ1n) is 22.2. The van der Waals surface area contributed by atoms with Crippen LogP contribution in [0.4, 0.5) is 0 Å². The third-order valence-corrected chi connectivity index (χ3v) is 14.7. The molecule has 0 saturated heterocycles. The lowest BCUT2D eigenvalue weighted by molar-refractivity contribution is 0.669. The zero-order chi connectivity index (χ0) is 42.6. The van der Waals surface area contributed by atoms with Crippen molar-refractivity contribution in [2.45, 2.75) is 0 Å². The molecule has 3 heteroatoms. The zero-order valence-electron chi connectivity index (χ0n) is 35.1. The van der Waals surface area contributed by atoms with Gasteiger partial charge in [-0.25, -0.2) is 0 Å². The molecule has 2 nitrogen and oxygen atoms in total. The number of fused-ring (bicyclic) bond motifs is 11. The first kappa shape index (κ1) is 36.3. The Kier molecular flexibility index (Phi) is 7.89. The molecule has 65 heavy (non-hydrogen) atoms. The summed E-state index contributed by atoms with van der Waals surface area (Å²) in [7, 11) is 0. The molecule has 3 aromatic heterocycles. The normalized spacial score (nSPS) is 12.0. The lowest BCUT2D eigenvalue weighted by Crippen LogP contribution is -1.95. The van der Waals surface area contributed by atoms with E-state index < -0.39 is 0 Å². The maximum Gasteiger partial charge on any atom is 0.135 e. The Balaban J connectivity index is 0.956. The molecule has 0 atom stereocenters. The first-order chi connectivity index (χ1) is 32.2. The predicted molar refractivity (Wildman–Crippen MR) is 278 cm³/mol. The topological polar surface area (TPSA) is 18.1 Å². The summed E-state index contributed by atoms with van der Waals surface area (Å²) in [5.74, 6) is 0. The highest BCUT2D eigenvalue weighted by molar-refractivity contribution is 7.25. The summed E-state index contributed by atoms with van der Waals surface area (Å²) >= 11 is 1.86. The predicted octanol–water partition coefficient (Wildman–Crippen LogP) is 18.0. The number of hydrogen-bond donors (Lipinski definition) is 0. The molecule has 14 rings (SSSR count). The molecule has 302 valence electrons. The molecule has 11 aromatic carbocycles. The number of thiophene rings is 1. The fourth-order valence-corrected chi connectivity index (χ4v) is 11.7. The van der Waals surface area contributed by atoms with Gasteiger partial charge in [-0.3, -0.25) is 0 Å². The van der Waals surface area contributed by atoms with Gasteiger partial charge >= 0.3 is 0 Å². The molecule has 0 spiro atoms. The Morgan fingerprint density at radius 3 is 1.34 bits per heavy atom. The minimum atomic E-state index is 0.907. The standard InChI is InChI=1S/C62H37NOS/c1-2-12-38(13-3-1)61-47-16-4-6-18-49(47)62(50-19-7-5-17-48(50)61)39-22-28-44(29-23-39)63-55-30-24-40(42-26-32-58-53(36-42)45-14-8-10-20-57(45)64-58)34-51(55)52-35-41(25-31-56(52)63)43-27-33-60-54(37-43)46-15-9-11-21-59(46)65-60/h1-37H. The average molecular weight is 844 g/mol. The van der Waals surface area contributed by atoms with Crippen molar-refractivity contribution in [3.05, 3.63) is 224 Å². The average Bonchev–Trinajstić information content (AvgIpc) is 4.04. The van der Waals surface area contributed by atoms with Crippen LogP contribution < -0.4 is 0 Å². The smallest absolute Gasteiger partial charge is 0.135 e. The highest BCUT2D eigenvalue weighted by Gasteiger charge is 2.19. The SMILES string of the molecule is c1ccc(-c2c3ccccc3c(-c3ccc(-n4c5ccc(-c6ccc7oc8ccccc8c7c6)cc5c5cc(-c6ccc7sc8ccccc8c7c6)ccc54)cc3)c3ccccc23)cc1. The Morgan fingerprint density at radius 2 is 0.708 bits per heavy atom. The third-order valence-electron chi connectivity index (χ3n) is 13.6. The number of rotatable bonds is 5. The summed E-state index contributed by atoms with van der Waals surface area (Å²) in [6, 6.07) is 82.4. The van der Waals surface area contributed by atoms with Crippen LogP contribution in [0.5, 0.6) is 0 Å². The minimum Gasteiger partial charge on any atom is -0.456 e. The molecule has 0 fully saturated rings. The molecule has 0 aliphatic heterocycles. The van der Waals surface area contributed by atoms with Crippen molar-refractivity contribution < 1.29 is 4.42 Å². The quantitative estimate of drug-likeness (QED) is 0.158. The summed E-state index contributed by atoms with van der Waals surface area (Å²) in [5, 5.41) is 12.4. The van der Waals surface area contributed by atoms with Crippen LogP contribution in [0.25, 0.3) is 136 Å². The monoisotopic (exact) mass is 843 g/mol. The summed E-state index contributed by atoms with van der Waals surface area (Å²) < 4.78 is 11.3. The van der Waals surface area contributed by atoms with E-state index in [0.29, 0.717) is 0 Å². The van der Waals surface area contributed by atoms with E-state index in [1.54, 1.807) is 0 Å². The van der Waals surface area contributed by atoms with Crippen LogP contribution in [0.1, 0.15) is 0 Å². The Labute approximate surface area is 378 Å². The molecule has 0 radical (unpaired) electrons. The van der Waals surface area contributed by atoms with Gasteiger partial charge in [0, 0.05) is 47.4 Å². The van der Waals surface area contributed by atoms with E-state index in [9.17, 15) is 0 Å². The van der Waals surface area contributed by atoms with Crippen molar-refractivity contribution >= 4 is 96.8 Å². The lowest BCUT2D eigenvalue weighted by atomic mass is 9.86. The first-order valence-corrected chi connectivity index (χ1v) is 23.0. The molecule has 0 amide bonds. The Bertz CT molecular complexity index is 4000. The highest BCUT2D eigenvalue weighted by atomic mass is 32.1. The van der Waals surface area contributed by atoms with Crippen LogP contribution in [0.3, 0.4) is 0 Å². The van der Waals surface area contributed by atoms with Crippen LogP contribution in [-0.4, -0.2) is 4.57 Å². The molecule has 0 aliphatic carbocycles. The zero-order valence-corrected chi connectivity index (χ0v) is 35.9. The van der Waals surface area contributed by atoms with E-state index in [-0.39, 0.29) is 0 Å². The van der Waals surface area contributed by atoms with Crippen molar-refractivity contribution in [3.8, 4) is 50.2 Å². The maximum absolute atomic E-state index is 6.22. The largest absolute Gasteiger partial charge is 0.456 e. The number of aromatic nitrogens is 1. The van der Waals surface area contributed by atoms with Gasteiger partial charge in [0.15, 0.2) is 0 Å². The number of para-hydroxylation sites is 1. The Hall–Kier alpha value is -8.24. The van der Waals surface area contributed by atoms with Crippen molar-refractivity contribution in [1.82, 2.24) is 4.57 Å². The number of benzene rings is 11. The van der Waals surface area contributed by atoms with E-state index in [0.717, 1.165) is 27.6 Å². The van der Waals surface area contributed by atoms with Crippen molar-refractivity contribution in [2.24, 2.45) is 0 Å². The minimum absolute atomic E-state index is 0.907. The molecular formula is C62H37NOS. The van der Waals surface area contributed by atoms with Crippen molar-refractivity contribution in [1.29, 1.82) is 0 Å². The molecular weight excluding hydrogens is 807 g/mol. The van der Waals surface area contributed by atoms with Crippen LogP contribution in [-0.2, 0) is 0 Å². The van der Waals surface area contributed by atoms with Gasteiger partial charge in [-0.2, -0.15) is 0 Å². The number of nitrogens with zero attached hydrogens (tertiary/aromatic N) is 1. The van der Waals surface area contributed by atoms with Gasteiger partial charge < -0.3 is 8.98 Å². The highest BCUT2D eigenvalue weighted by Crippen LogP contribution is 2.45. The molecule has 3 heterocycles. The summed E-state index contributed by atoms with van der Waals surface area (Å²) in [6.07, 6.45) is 0. The second kappa shape index (κ2) is 14.1. The summed E-state index contributed by atoms with van der Waals surface area (Å²) in [4.78, 5) is 0. The van der Waals surface area contributed by atoms with Crippen molar-refractivity contribution in [2.75, 3.05) is 0 Å². The number of furan rings is 1. The maximum atomic E-state index is 6.22. The third kappa shape index (κ3) is 5.59. The van der Waals surface area contributed by atoms with Gasteiger partial charge in [0.05, 0.1) is 11.0 Å². The molecule has 0 aliphatic rings. The van der Waals surface area contributed by atoms with Gasteiger partial charge in [0.25, 0.3) is 0 Å². The van der Waals surface area contributed by atoms with Gasteiger partial charge in [-0.15, -0.1) is 11.3 Å². The molecule has 0 bridgehead atoms. The molecule has 14 aromatic rings. The van der Waals surface area contributed by atoms with Crippen LogP contribution in [0.2, 0.25) is 0 Å². The van der Waals surface area contributed by atoms with Crippen LogP contribution in [0.15, 0.2) is 229 Å². The van der Waals surface area contributed by atoms with Gasteiger partial charge in [-0.05, 0) is 139 Å². The fourth-order valence-electron chi connectivity index (χ4n) is 10.6. The lowest BCUT2D eigenvalue weighted by Gasteiger charge is -2.18. The van der Waals surface area contributed by atoms with E-state index in [2.05, 4.69) is 217 Å². The van der Waals surface area contributed by atoms with E-state index >= 15 is 0 Å². The molecule has 0 unspecified atom stereocenters. The Morgan fingerprint density at radius 1 is 0.277 bits per heavy atom. The van der Waals surface area contributed by atoms with E-state index in [1.165, 1.54) is 108 Å². The van der Waals surface area contributed by atoms with Gasteiger partial charge in [-0.1, -0.05) is 152 Å². The van der Waals surface area contributed by atoms with E-state index in [4.69, 9.17) is 4.42 Å². The molecule has 0 N–H and O–H groups in total. The summed E-state index contributed by atoms with van der Waals surface area (Å²) in [5.41, 5.74) is 15.0. The summed E-state index contributed by atoms with van der Waals surface area (Å²) in [6.45, 7) is 0. The second-order valence-electron chi connectivity index (χ2n) is 17.2. The van der Waals surface area contributed by atoms with E-state index in [1.807, 2.05) is 23.5 Å². The van der Waals surface area contributed by atoms with Gasteiger partial charge in [0.2, 0.25) is 0 Å². The second-order valence-corrected chi connectivity index (χ2v) is 18.3.